The SMILES string of the molecule is CCNC(=NCCn1cnnc1CC)NCCN(C)C(=O)OC(C)(C)C. The lowest BCUT2D eigenvalue weighted by molar-refractivity contribution is 0.0302. The number of hydrogen-bond donors (Lipinski definition) is 2. The second kappa shape index (κ2) is 10.6. The summed E-state index contributed by atoms with van der Waals surface area (Å²) >= 11 is 0. The van der Waals surface area contributed by atoms with Crippen LogP contribution in [0.4, 0.5) is 4.79 Å². The van der Waals surface area contributed by atoms with Crippen molar-refractivity contribution in [3.63, 3.8) is 0 Å². The minimum Gasteiger partial charge on any atom is -0.444 e. The highest BCUT2D eigenvalue weighted by Crippen LogP contribution is 2.08. The molecule has 0 aromatic carbocycles. The number of guanidine groups is 1. The zero-order valence-corrected chi connectivity index (χ0v) is 16.9. The number of ether oxygens (including phenoxy) is 1. The van der Waals surface area contributed by atoms with Crippen molar-refractivity contribution in [2.24, 2.45) is 4.99 Å². The predicted molar refractivity (Wildman–Crippen MR) is 102 cm³/mol. The standard InChI is InChI=1S/C17H33N7O2/c1-7-14-22-21-13-24(14)12-10-20-15(18-8-2)19-9-11-23(6)16(25)26-17(3,4)5/h13H,7-12H2,1-6H3,(H2,18,19,20). The minimum absolute atomic E-state index is 0.332. The molecule has 0 unspecified atom stereocenters. The van der Waals surface area contributed by atoms with Gasteiger partial charge in [-0.2, -0.15) is 0 Å². The summed E-state index contributed by atoms with van der Waals surface area (Å²) < 4.78 is 7.33. The summed E-state index contributed by atoms with van der Waals surface area (Å²) in [5.74, 6) is 1.67. The smallest absolute Gasteiger partial charge is 0.410 e. The van der Waals surface area contributed by atoms with Gasteiger partial charge >= 0.3 is 6.09 Å². The Morgan fingerprint density at radius 1 is 1.35 bits per heavy atom. The average molecular weight is 367 g/mol. The number of rotatable bonds is 8. The predicted octanol–water partition coefficient (Wildman–Crippen LogP) is 1.26. The van der Waals surface area contributed by atoms with Crippen molar-refractivity contribution in [1.29, 1.82) is 0 Å². The van der Waals surface area contributed by atoms with Gasteiger partial charge in [0, 0.05) is 39.6 Å². The van der Waals surface area contributed by atoms with Crippen LogP contribution in [-0.4, -0.2) is 70.5 Å². The van der Waals surface area contributed by atoms with Crippen LogP contribution in [0.5, 0.6) is 0 Å². The fraction of sp³-hybridized carbons (Fsp3) is 0.765. The van der Waals surface area contributed by atoms with Crippen molar-refractivity contribution in [2.45, 2.75) is 53.2 Å². The van der Waals surface area contributed by atoms with Crippen LogP contribution in [0.15, 0.2) is 11.3 Å². The monoisotopic (exact) mass is 367 g/mol. The second-order valence-corrected chi connectivity index (χ2v) is 6.88. The molecule has 0 fully saturated rings. The third kappa shape index (κ3) is 8.17. The van der Waals surface area contributed by atoms with Crippen LogP contribution in [0.1, 0.15) is 40.4 Å². The molecule has 0 aliphatic carbocycles. The van der Waals surface area contributed by atoms with Crippen molar-refractivity contribution in [1.82, 2.24) is 30.3 Å². The average Bonchev–Trinajstić information content (AvgIpc) is 3.00. The van der Waals surface area contributed by atoms with Gasteiger partial charge in [-0.25, -0.2) is 4.79 Å². The van der Waals surface area contributed by atoms with Gasteiger partial charge in [0.1, 0.15) is 17.8 Å². The third-order valence-electron chi connectivity index (χ3n) is 3.41. The Morgan fingerprint density at radius 3 is 2.69 bits per heavy atom. The van der Waals surface area contributed by atoms with Crippen molar-refractivity contribution >= 4 is 12.1 Å². The van der Waals surface area contributed by atoms with Crippen LogP contribution in [0.25, 0.3) is 0 Å². The molecule has 0 saturated heterocycles. The molecule has 2 N–H and O–H groups in total. The molecule has 0 saturated carbocycles. The number of aromatic nitrogens is 3. The van der Waals surface area contributed by atoms with Gasteiger partial charge in [-0.15, -0.1) is 10.2 Å². The molecule has 0 bridgehead atoms. The molecule has 0 aliphatic rings. The van der Waals surface area contributed by atoms with Gasteiger partial charge in [0.15, 0.2) is 5.96 Å². The van der Waals surface area contributed by atoms with E-state index in [0.717, 1.165) is 31.3 Å². The molecule has 0 atom stereocenters. The zero-order chi connectivity index (χ0) is 19.6. The zero-order valence-electron chi connectivity index (χ0n) is 16.9. The fourth-order valence-corrected chi connectivity index (χ4v) is 2.12. The Bertz CT molecular complexity index is 578. The van der Waals surface area contributed by atoms with E-state index < -0.39 is 5.60 Å². The third-order valence-corrected chi connectivity index (χ3v) is 3.41. The van der Waals surface area contributed by atoms with Gasteiger partial charge in [0.05, 0.1) is 6.54 Å². The van der Waals surface area contributed by atoms with E-state index >= 15 is 0 Å². The summed E-state index contributed by atoms with van der Waals surface area (Å²) in [6.45, 7) is 12.8. The second-order valence-electron chi connectivity index (χ2n) is 6.88. The summed E-state index contributed by atoms with van der Waals surface area (Å²) in [4.78, 5) is 18.0. The van der Waals surface area contributed by atoms with Crippen molar-refractivity contribution in [2.75, 3.05) is 33.2 Å². The number of aliphatic imine (C=N–C) groups is 1. The number of nitrogens with zero attached hydrogens (tertiary/aromatic N) is 5. The van der Waals surface area contributed by atoms with Gasteiger partial charge in [0.2, 0.25) is 0 Å². The van der Waals surface area contributed by atoms with Gasteiger partial charge in [-0.1, -0.05) is 6.92 Å². The van der Waals surface area contributed by atoms with Gasteiger partial charge in [-0.3, -0.25) is 4.99 Å². The first-order valence-corrected chi connectivity index (χ1v) is 9.09. The number of amides is 1. The number of hydrogen-bond acceptors (Lipinski definition) is 5. The van der Waals surface area contributed by atoms with E-state index in [0.29, 0.717) is 19.6 Å². The summed E-state index contributed by atoms with van der Waals surface area (Å²) in [6, 6.07) is 0. The maximum Gasteiger partial charge on any atom is 0.410 e. The molecule has 1 amide bonds. The number of aryl methyl sites for hydroxylation is 1. The molecular weight excluding hydrogens is 334 g/mol. The van der Waals surface area contributed by atoms with Gasteiger partial charge in [-0.05, 0) is 27.7 Å². The van der Waals surface area contributed by atoms with Crippen LogP contribution in [0.3, 0.4) is 0 Å². The summed E-state index contributed by atoms with van der Waals surface area (Å²) in [6.07, 6.45) is 2.24. The number of carbonyl (C=O) groups excluding carboxylic acids is 1. The largest absolute Gasteiger partial charge is 0.444 e. The Morgan fingerprint density at radius 2 is 2.08 bits per heavy atom. The first kappa shape index (κ1) is 21.7. The first-order valence-electron chi connectivity index (χ1n) is 9.09. The van der Waals surface area contributed by atoms with E-state index in [2.05, 4.69) is 32.7 Å². The highest BCUT2D eigenvalue weighted by molar-refractivity contribution is 5.79. The molecule has 1 aromatic rings. The molecule has 0 aliphatic heterocycles. The number of carbonyl (C=O) groups is 1. The molecule has 9 nitrogen and oxygen atoms in total. The highest BCUT2D eigenvalue weighted by Gasteiger charge is 2.19. The van der Waals surface area contributed by atoms with Gasteiger partial charge in [0.25, 0.3) is 0 Å². The Labute approximate surface area is 156 Å². The van der Waals surface area contributed by atoms with E-state index in [1.807, 2.05) is 32.3 Å². The maximum absolute atomic E-state index is 11.9. The molecule has 1 aromatic heterocycles. The van der Waals surface area contributed by atoms with Gasteiger partial charge < -0.3 is 24.8 Å². The molecule has 1 rings (SSSR count). The van der Waals surface area contributed by atoms with Crippen LogP contribution in [0.2, 0.25) is 0 Å². The molecule has 26 heavy (non-hydrogen) atoms. The molecular formula is C17H33N7O2. The van der Waals surface area contributed by atoms with Crippen LogP contribution in [-0.2, 0) is 17.7 Å². The molecule has 0 spiro atoms. The normalized spacial score (nSPS) is 12.0. The van der Waals surface area contributed by atoms with E-state index in [9.17, 15) is 4.79 Å². The Kier molecular flexibility index (Phi) is 8.87. The van der Waals surface area contributed by atoms with E-state index in [4.69, 9.17) is 4.74 Å². The van der Waals surface area contributed by atoms with Crippen molar-refractivity contribution < 1.29 is 9.53 Å². The van der Waals surface area contributed by atoms with Crippen LogP contribution < -0.4 is 10.6 Å². The highest BCUT2D eigenvalue weighted by atomic mass is 16.6. The lowest BCUT2D eigenvalue weighted by Gasteiger charge is -2.24. The summed E-state index contributed by atoms with van der Waals surface area (Å²) in [5, 5.41) is 14.4. The molecule has 0 radical (unpaired) electrons. The number of nitrogens with one attached hydrogen (secondary N) is 2. The van der Waals surface area contributed by atoms with Crippen molar-refractivity contribution in [3.05, 3.63) is 12.2 Å². The summed E-state index contributed by atoms with van der Waals surface area (Å²) in [5.41, 5.74) is -0.491. The number of likely N-dealkylation sites (N-methyl/N-ethyl adjacent to an activating group) is 1. The lowest BCUT2D eigenvalue weighted by Crippen LogP contribution is -2.43. The maximum atomic E-state index is 11.9. The topological polar surface area (TPSA) is 96.7 Å². The Hall–Kier alpha value is -2.32. The van der Waals surface area contributed by atoms with Crippen molar-refractivity contribution in [3.8, 4) is 0 Å². The molecule has 1 heterocycles. The van der Waals surface area contributed by atoms with Crippen LogP contribution >= 0.6 is 0 Å². The van der Waals surface area contributed by atoms with E-state index in [1.54, 1.807) is 18.3 Å². The Balaban J connectivity index is 2.43. The van der Waals surface area contributed by atoms with E-state index in [-0.39, 0.29) is 6.09 Å². The first-order chi connectivity index (χ1) is 12.3. The minimum atomic E-state index is -0.491. The fourth-order valence-electron chi connectivity index (χ4n) is 2.12. The van der Waals surface area contributed by atoms with E-state index in [1.165, 1.54) is 0 Å². The molecule has 148 valence electrons. The summed E-state index contributed by atoms with van der Waals surface area (Å²) in [7, 11) is 1.72. The van der Waals surface area contributed by atoms with Crippen LogP contribution in [0, 0.1) is 0 Å². The lowest BCUT2D eigenvalue weighted by atomic mass is 10.2. The quantitative estimate of drug-likeness (QED) is 0.530. The molecule has 9 heteroatoms.